The van der Waals surface area contributed by atoms with E-state index in [1.165, 1.54) is 10.9 Å². The van der Waals surface area contributed by atoms with Crippen LogP contribution in [0, 0.1) is 0 Å². The first-order valence-electron chi connectivity index (χ1n) is 3.94. The highest BCUT2D eigenvalue weighted by Gasteiger charge is 2.06. The molecule has 0 saturated carbocycles. The lowest BCUT2D eigenvalue weighted by atomic mass is 10.4. The number of hydrogen-bond acceptors (Lipinski definition) is 4. The maximum Gasteiger partial charge on any atom is 0.356 e. The van der Waals surface area contributed by atoms with Gasteiger partial charge in [-0.2, -0.15) is 5.10 Å². The zero-order valence-corrected chi connectivity index (χ0v) is 8.09. The SMILES string of the molecule is O=C(O)c1cnc(-n2ccc(Cl)n2)cn1. The Morgan fingerprint density at radius 1 is 1.40 bits per heavy atom. The topological polar surface area (TPSA) is 80.9 Å². The van der Waals surface area contributed by atoms with E-state index in [2.05, 4.69) is 15.1 Å². The second-order valence-corrected chi connectivity index (χ2v) is 3.04. The Morgan fingerprint density at radius 3 is 2.67 bits per heavy atom. The number of halogens is 1. The largest absolute Gasteiger partial charge is 0.476 e. The molecule has 0 aliphatic carbocycles. The number of hydrogen-bond donors (Lipinski definition) is 1. The minimum absolute atomic E-state index is 0.114. The van der Waals surface area contributed by atoms with Gasteiger partial charge in [-0.1, -0.05) is 11.6 Å². The van der Waals surface area contributed by atoms with Gasteiger partial charge in [0.25, 0.3) is 0 Å². The molecule has 0 aliphatic rings. The molecule has 0 aliphatic heterocycles. The van der Waals surface area contributed by atoms with Gasteiger partial charge in [-0.3, -0.25) is 0 Å². The number of aromatic nitrogens is 4. The van der Waals surface area contributed by atoms with Crippen LogP contribution < -0.4 is 0 Å². The van der Waals surface area contributed by atoms with Gasteiger partial charge in [0, 0.05) is 6.20 Å². The second kappa shape index (κ2) is 3.66. The zero-order valence-electron chi connectivity index (χ0n) is 7.33. The molecule has 0 saturated heterocycles. The van der Waals surface area contributed by atoms with E-state index >= 15 is 0 Å². The summed E-state index contributed by atoms with van der Waals surface area (Å²) in [6.07, 6.45) is 4.08. The summed E-state index contributed by atoms with van der Waals surface area (Å²) in [5.74, 6) is -0.709. The predicted octanol–water partition coefficient (Wildman–Crippen LogP) is 1.01. The smallest absolute Gasteiger partial charge is 0.356 e. The number of aromatic carboxylic acids is 1. The zero-order chi connectivity index (χ0) is 10.8. The van der Waals surface area contributed by atoms with Gasteiger partial charge < -0.3 is 5.11 Å². The molecular formula is C8H5ClN4O2. The minimum atomic E-state index is -1.12. The van der Waals surface area contributed by atoms with Crippen LogP contribution in [0.15, 0.2) is 24.7 Å². The molecule has 6 nitrogen and oxygen atoms in total. The van der Waals surface area contributed by atoms with Crippen LogP contribution in [-0.4, -0.2) is 30.8 Å². The molecule has 0 spiro atoms. The van der Waals surface area contributed by atoms with Crippen LogP contribution in [0.5, 0.6) is 0 Å². The van der Waals surface area contributed by atoms with Crippen molar-refractivity contribution < 1.29 is 9.90 Å². The molecule has 76 valence electrons. The Kier molecular flexibility index (Phi) is 2.34. The maximum absolute atomic E-state index is 10.5. The number of rotatable bonds is 2. The standard InChI is InChI=1S/C8H5ClN4O2/c9-6-1-2-13(12-6)7-4-10-5(3-11-7)8(14)15/h1-4H,(H,14,15). The molecule has 2 heterocycles. The molecular weight excluding hydrogens is 220 g/mol. The fraction of sp³-hybridized carbons (Fsp3) is 0. The van der Waals surface area contributed by atoms with Crippen molar-refractivity contribution >= 4 is 17.6 Å². The van der Waals surface area contributed by atoms with E-state index in [9.17, 15) is 4.79 Å². The summed E-state index contributed by atoms with van der Waals surface area (Å²) in [5.41, 5.74) is -0.114. The quantitative estimate of drug-likeness (QED) is 0.824. The fourth-order valence-electron chi connectivity index (χ4n) is 0.979. The van der Waals surface area contributed by atoms with Gasteiger partial charge in [-0.05, 0) is 6.07 Å². The van der Waals surface area contributed by atoms with Crippen molar-refractivity contribution in [2.24, 2.45) is 0 Å². The van der Waals surface area contributed by atoms with Crippen molar-refractivity contribution in [3.8, 4) is 5.82 Å². The first kappa shape index (κ1) is 9.60. The van der Waals surface area contributed by atoms with E-state index in [1.807, 2.05) is 0 Å². The van der Waals surface area contributed by atoms with Gasteiger partial charge >= 0.3 is 5.97 Å². The first-order chi connectivity index (χ1) is 7.16. The average molecular weight is 225 g/mol. The minimum Gasteiger partial charge on any atom is -0.476 e. The normalized spacial score (nSPS) is 10.2. The summed E-state index contributed by atoms with van der Waals surface area (Å²) < 4.78 is 1.40. The Morgan fingerprint density at radius 2 is 2.20 bits per heavy atom. The van der Waals surface area contributed by atoms with Crippen LogP contribution in [0.4, 0.5) is 0 Å². The van der Waals surface area contributed by atoms with Crippen LogP contribution >= 0.6 is 11.6 Å². The van der Waals surface area contributed by atoms with Gasteiger partial charge in [0.05, 0.1) is 12.4 Å². The summed E-state index contributed by atoms with van der Waals surface area (Å²) >= 11 is 5.62. The molecule has 0 aromatic carbocycles. The van der Waals surface area contributed by atoms with E-state index in [-0.39, 0.29) is 5.69 Å². The molecule has 0 amide bonds. The third-order valence-corrected chi connectivity index (χ3v) is 1.85. The van der Waals surface area contributed by atoms with Crippen LogP contribution in [0.25, 0.3) is 5.82 Å². The molecule has 2 aromatic heterocycles. The molecule has 2 rings (SSSR count). The van der Waals surface area contributed by atoms with E-state index in [0.717, 1.165) is 6.20 Å². The van der Waals surface area contributed by atoms with Gasteiger partial charge in [-0.25, -0.2) is 19.4 Å². The lowest BCUT2D eigenvalue weighted by molar-refractivity contribution is 0.0690. The van der Waals surface area contributed by atoms with Crippen molar-refractivity contribution in [3.05, 3.63) is 35.5 Å². The lowest BCUT2D eigenvalue weighted by Gasteiger charge is -1.98. The summed E-state index contributed by atoms with van der Waals surface area (Å²) in [5, 5.41) is 12.8. The highest BCUT2D eigenvalue weighted by molar-refractivity contribution is 6.29. The summed E-state index contributed by atoms with van der Waals surface area (Å²) in [4.78, 5) is 18.1. The third-order valence-electron chi connectivity index (χ3n) is 1.65. The molecule has 15 heavy (non-hydrogen) atoms. The Hall–Kier alpha value is -1.95. The number of nitrogens with zero attached hydrogens (tertiary/aromatic N) is 4. The van der Waals surface area contributed by atoms with Gasteiger partial charge in [0.1, 0.15) is 0 Å². The van der Waals surface area contributed by atoms with E-state index in [0.29, 0.717) is 11.0 Å². The van der Waals surface area contributed by atoms with Gasteiger partial charge in [-0.15, -0.1) is 0 Å². The molecule has 0 bridgehead atoms. The van der Waals surface area contributed by atoms with Crippen LogP contribution in [0.2, 0.25) is 5.15 Å². The van der Waals surface area contributed by atoms with Gasteiger partial charge in [0.15, 0.2) is 16.7 Å². The van der Waals surface area contributed by atoms with E-state index < -0.39 is 5.97 Å². The number of carbonyl (C=O) groups is 1. The van der Waals surface area contributed by atoms with Crippen molar-refractivity contribution in [3.63, 3.8) is 0 Å². The van der Waals surface area contributed by atoms with E-state index in [1.54, 1.807) is 12.3 Å². The van der Waals surface area contributed by atoms with E-state index in [4.69, 9.17) is 16.7 Å². The van der Waals surface area contributed by atoms with Crippen molar-refractivity contribution in [2.45, 2.75) is 0 Å². The first-order valence-corrected chi connectivity index (χ1v) is 4.31. The molecule has 0 radical (unpaired) electrons. The highest BCUT2D eigenvalue weighted by atomic mass is 35.5. The summed E-state index contributed by atoms with van der Waals surface area (Å²) in [7, 11) is 0. The number of carboxylic acid groups (broad SMARTS) is 1. The fourth-order valence-corrected chi connectivity index (χ4v) is 1.12. The van der Waals surface area contributed by atoms with Crippen LogP contribution in [0.3, 0.4) is 0 Å². The predicted molar refractivity (Wildman–Crippen MR) is 51.1 cm³/mol. The lowest BCUT2D eigenvalue weighted by Crippen LogP contribution is -2.04. The average Bonchev–Trinajstić information content (AvgIpc) is 2.65. The van der Waals surface area contributed by atoms with Crippen molar-refractivity contribution in [2.75, 3.05) is 0 Å². The Bertz CT molecular complexity index is 494. The Balaban J connectivity index is 2.35. The highest BCUT2D eigenvalue weighted by Crippen LogP contribution is 2.07. The molecule has 0 atom stereocenters. The second-order valence-electron chi connectivity index (χ2n) is 2.65. The molecule has 2 aromatic rings. The van der Waals surface area contributed by atoms with Crippen molar-refractivity contribution in [1.29, 1.82) is 0 Å². The van der Waals surface area contributed by atoms with Crippen LogP contribution in [-0.2, 0) is 0 Å². The number of carboxylic acids is 1. The molecule has 7 heteroatoms. The maximum atomic E-state index is 10.5. The van der Waals surface area contributed by atoms with Gasteiger partial charge in [0.2, 0.25) is 0 Å². The molecule has 1 N–H and O–H groups in total. The summed E-state index contributed by atoms with van der Waals surface area (Å²) in [6.45, 7) is 0. The van der Waals surface area contributed by atoms with Crippen molar-refractivity contribution in [1.82, 2.24) is 19.7 Å². The third kappa shape index (κ3) is 1.94. The monoisotopic (exact) mass is 224 g/mol. The molecule has 0 fully saturated rings. The Labute approximate surface area is 89.2 Å². The van der Waals surface area contributed by atoms with Crippen LogP contribution in [0.1, 0.15) is 10.5 Å². The summed E-state index contributed by atoms with van der Waals surface area (Å²) in [6, 6.07) is 1.59. The molecule has 0 unspecified atom stereocenters.